The Labute approximate surface area is 101 Å². The Morgan fingerprint density at radius 2 is 2.06 bits per heavy atom. The number of aromatic nitrogens is 2. The van der Waals surface area contributed by atoms with Crippen molar-refractivity contribution in [1.29, 1.82) is 0 Å². The molecular formula is C13H17N3O. The van der Waals surface area contributed by atoms with Crippen molar-refractivity contribution in [2.45, 2.75) is 25.8 Å². The summed E-state index contributed by atoms with van der Waals surface area (Å²) in [7, 11) is 1.95. The SMILES string of the molecule is CCC(Cc1nc(-c2ccccc2)no1)NC. The summed E-state index contributed by atoms with van der Waals surface area (Å²) >= 11 is 0. The molecule has 1 atom stereocenters. The highest BCUT2D eigenvalue weighted by atomic mass is 16.5. The fourth-order valence-corrected chi connectivity index (χ4v) is 1.70. The molecule has 0 aliphatic heterocycles. The predicted molar refractivity (Wildman–Crippen MR) is 66.6 cm³/mol. The maximum atomic E-state index is 5.25. The summed E-state index contributed by atoms with van der Waals surface area (Å²) in [5, 5.41) is 7.22. The third-order valence-electron chi connectivity index (χ3n) is 2.82. The first-order chi connectivity index (χ1) is 8.33. The number of benzene rings is 1. The quantitative estimate of drug-likeness (QED) is 0.857. The van der Waals surface area contributed by atoms with Crippen molar-refractivity contribution in [3.8, 4) is 11.4 Å². The largest absolute Gasteiger partial charge is 0.339 e. The standard InChI is InChI=1S/C13H17N3O/c1-3-11(14-2)9-12-15-13(16-17-12)10-7-5-4-6-8-10/h4-8,11,14H,3,9H2,1-2H3. The number of rotatable bonds is 5. The van der Waals surface area contributed by atoms with E-state index in [0.717, 1.165) is 18.4 Å². The van der Waals surface area contributed by atoms with E-state index in [1.165, 1.54) is 0 Å². The van der Waals surface area contributed by atoms with Crippen molar-refractivity contribution in [2.24, 2.45) is 0 Å². The van der Waals surface area contributed by atoms with Crippen LogP contribution in [0.2, 0.25) is 0 Å². The van der Waals surface area contributed by atoms with Gasteiger partial charge in [-0.15, -0.1) is 0 Å². The fraction of sp³-hybridized carbons (Fsp3) is 0.385. The smallest absolute Gasteiger partial charge is 0.228 e. The molecule has 1 N–H and O–H groups in total. The molecule has 1 heterocycles. The third kappa shape index (κ3) is 2.91. The second-order valence-electron chi connectivity index (χ2n) is 3.98. The number of hydrogen-bond donors (Lipinski definition) is 1. The van der Waals surface area contributed by atoms with Gasteiger partial charge >= 0.3 is 0 Å². The van der Waals surface area contributed by atoms with Crippen LogP contribution in [-0.2, 0) is 6.42 Å². The van der Waals surface area contributed by atoms with E-state index in [4.69, 9.17) is 4.52 Å². The molecular weight excluding hydrogens is 214 g/mol. The minimum Gasteiger partial charge on any atom is -0.339 e. The molecule has 90 valence electrons. The van der Waals surface area contributed by atoms with Crippen molar-refractivity contribution in [3.63, 3.8) is 0 Å². The van der Waals surface area contributed by atoms with Crippen LogP contribution in [0, 0.1) is 0 Å². The zero-order valence-corrected chi connectivity index (χ0v) is 10.2. The summed E-state index contributed by atoms with van der Waals surface area (Å²) in [5.41, 5.74) is 0.986. The maximum Gasteiger partial charge on any atom is 0.228 e. The lowest BCUT2D eigenvalue weighted by atomic mass is 10.1. The predicted octanol–water partition coefficient (Wildman–Crippen LogP) is 2.28. The molecule has 0 aliphatic rings. The molecule has 0 radical (unpaired) electrons. The molecule has 4 heteroatoms. The van der Waals surface area contributed by atoms with E-state index in [0.29, 0.717) is 17.8 Å². The summed E-state index contributed by atoms with van der Waals surface area (Å²) in [5.74, 6) is 1.34. The van der Waals surface area contributed by atoms with Crippen molar-refractivity contribution in [2.75, 3.05) is 7.05 Å². The third-order valence-corrected chi connectivity index (χ3v) is 2.82. The van der Waals surface area contributed by atoms with E-state index in [-0.39, 0.29) is 0 Å². The molecule has 0 spiro atoms. The highest BCUT2D eigenvalue weighted by Crippen LogP contribution is 2.15. The highest BCUT2D eigenvalue weighted by Gasteiger charge is 2.12. The van der Waals surface area contributed by atoms with Gasteiger partial charge in [-0.3, -0.25) is 0 Å². The van der Waals surface area contributed by atoms with Crippen molar-refractivity contribution < 1.29 is 4.52 Å². The summed E-state index contributed by atoms with van der Waals surface area (Å²) in [4.78, 5) is 4.40. The molecule has 4 nitrogen and oxygen atoms in total. The zero-order valence-electron chi connectivity index (χ0n) is 10.2. The first-order valence-electron chi connectivity index (χ1n) is 5.88. The Morgan fingerprint density at radius 1 is 1.29 bits per heavy atom. The van der Waals surface area contributed by atoms with Crippen molar-refractivity contribution in [3.05, 3.63) is 36.2 Å². The minimum atomic E-state index is 0.388. The average Bonchev–Trinajstić information content (AvgIpc) is 2.85. The van der Waals surface area contributed by atoms with Gasteiger partial charge in [-0.05, 0) is 13.5 Å². The van der Waals surface area contributed by atoms with Gasteiger partial charge in [0.25, 0.3) is 0 Å². The lowest BCUT2D eigenvalue weighted by Crippen LogP contribution is -2.26. The van der Waals surface area contributed by atoms with Crippen LogP contribution in [0.3, 0.4) is 0 Å². The van der Waals surface area contributed by atoms with Crippen LogP contribution in [0.5, 0.6) is 0 Å². The Bertz CT molecular complexity index is 449. The van der Waals surface area contributed by atoms with Gasteiger partial charge in [-0.1, -0.05) is 42.4 Å². The van der Waals surface area contributed by atoms with E-state index in [9.17, 15) is 0 Å². The monoisotopic (exact) mass is 231 g/mol. The van der Waals surface area contributed by atoms with E-state index >= 15 is 0 Å². The van der Waals surface area contributed by atoms with Crippen LogP contribution in [0.1, 0.15) is 19.2 Å². The van der Waals surface area contributed by atoms with E-state index in [1.807, 2.05) is 37.4 Å². The second-order valence-corrected chi connectivity index (χ2v) is 3.98. The minimum absolute atomic E-state index is 0.388. The average molecular weight is 231 g/mol. The highest BCUT2D eigenvalue weighted by molar-refractivity contribution is 5.53. The van der Waals surface area contributed by atoms with Gasteiger partial charge < -0.3 is 9.84 Å². The van der Waals surface area contributed by atoms with Crippen LogP contribution in [-0.4, -0.2) is 23.2 Å². The Kier molecular flexibility index (Phi) is 3.88. The fourth-order valence-electron chi connectivity index (χ4n) is 1.70. The lowest BCUT2D eigenvalue weighted by Gasteiger charge is -2.09. The summed E-state index contributed by atoms with van der Waals surface area (Å²) in [6, 6.07) is 10.2. The molecule has 2 rings (SSSR count). The molecule has 1 aromatic heterocycles. The topological polar surface area (TPSA) is 51.0 Å². The first kappa shape index (κ1) is 11.8. The van der Waals surface area contributed by atoms with Gasteiger partial charge in [0.05, 0.1) is 0 Å². The number of likely N-dealkylation sites (N-methyl/N-ethyl adjacent to an activating group) is 1. The Balaban J connectivity index is 2.11. The van der Waals surface area contributed by atoms with E-state index < -0.39 is 0 Å². The molecule has 0 fully saturated rings. The molecule has 1 aromatic carbocycles. The van der Waals surface area contributed by atoms with Crippen molar-refractivity contribution >= 4 is 0 Å². The molecule has 2 aromatic rings. The van der Waals surface area contributed by atoms with Crippen LogP contribution in [0.15, 0.2) is 34.9 Å². The Hall–Kier alpha value is -1.68. The molecule has 1 unspecified atom stereocenters. The lowest BCUT2D eigenvalue weighted by molar-refractivity contribution is 0.359. The first-order valence-corrected chi connectivity index (χ1v) is 5.88. The molecule has 0 saturated carbocycles. The summed E-state index contributed by atoms with van der Waals surface area (Å²) in [6.07, 6.45) is 1.81. The van der Waals surface area contributed by atoms with Crippen LogP contribution in [0.4, 0.5) is 0 Å². The van der Waals surface area contributed by atoms with Crippen LogP contribution >= 0.6 is 0 Å². The van der Waals surface area contributed by atoms with Gasteiger partial charge in [-0.25, -0.2) is 0 Å². The van der Waals surface area contributed by atoms with Gasteiger partial charge in [0, 0.05) is 18.0 Å². The second kappa shape index (κ2) is 5.59. The van der Waals surface area contributed by atoms with E-state index in [1.54, 1.807) is 0 Å². The molecule has 0 amide bonds. The van der Waals surface area contributed by atoms with Gasteiger partial charge in [0.1, 0.15) is 0 Å². The van der Waals surface area contributed by atoms with Gasteiger partial charge in [0.15, 0.2) is 0 Å². The van der Waals surface area contributed by atoms with Crippen LogP contribution < -0.4 is 5.32 Å². The number of nitrogens with one attached hydrogen (secondary N) is 1. The number of hydrogen-bond acceptors (Lipinski definition) is 4. The number of nitrogens with zero attached hydrogens (tertiary/aromatic N) is 2. The molecule has 0 bridgehead atoms. The summed E-state index contributed by atoms with van der Waals surface area (Å²) in [6.45, 7) is 2.13. The summed E-state index contributed by atoms with van der Waals surface area (Å²) < 4.78 is 5.25. The van der Waals surface area contributed by atoms with E-state index in [2.05, 4.69) is 22.4 Å². The van der Waals surface area contributed by atoms with Crippen LogP contribution in [0.25, 0.3) is 11.4 Å². The Morgan fingerprint density at radius 3 is 2.71 bits per heavy atom. The molecule has 0 aliphatic carbocycles. The maximum absolute atomic E-state index is 5.25. The molecule has 17 heavy (non-hydrogen) atoms. The zero-order chi connectivity index (χ0) is 12.1. The van der Waals surface area contributed by atoms with Gasteiger partial charge in [0.2, 0.25) is 11.7 Å². The van der Waals surface area contributed by atoms with Crippen molar-refractivity contribution in [1.82, 2.24) is 15.5 Å². The molecule has 0 saturated heterocycles. The van der Waals surface area contributed by atoms with Gasteiger partial charge in [-0.2, -0.15) is 4.98 Å². The normalized spacial score (nSPS) is 12.6.